The molecule has 5 nitrogen and oxygen atoms in total. The van der Waals surface area contributed by atoms with Crippen molar-refractivity contribution in [2.24, 2.45) is 0 Å². The highest BCUT2D eigenvalue weighted by atomic mass is 32.2. The molecule has 1 aliphatic rings. The summed E-state index contributed by atoms with van der Waals surface area (Å²) in [4.78, 5) is 25.7. The van der Waals surface area contributed by atoms with E-state index in [2.05, 4.69) is 0 Å². The van der Waals surface area contributed by atoms with E-state index < -0.39 is 5.97 Å². The predicted octanol–water partition coefficient (Wildman–Crippen LogP) is 3.69. The van der Waals surface area contributed by atoms with Gasteiger partial charge in [0.25, 0.3) is 5.91 Å². The van der Waals surface area contributed by atoms with Gasteiger partial charge in [-0.3, -0.25) is 14.5 Å². The number of thioether (sulfide) groups is 1. The van der Waals surface area contributed by atoms with E-state index in [0.29, 0.717) is 26.2 Å². The third kappa shape index (κ3) is 3.63. The second kappa shape index (κ2) is 7.31. The van der Waals surface area contributed by atoms with E-state index in [-0.39, 0.29) is 12.3 Å². The van der Waals surface area contributed by atoms with Gasteiger partial charge in [-0.15, -0.1) is 0 Å². The van der Waals surface area contributed by atoms with Gasteiger partial charge in [0.2, 0.25) is 0 Å². The summed E-state index contributed by atoms with van der Waals surface area (Å²) in [6, 6.07) is 14.2. The van der Waals surface area contributed by atoms with E-state index in [1.807, 2.05) is 25.1 Å². The predicted molar refractivity (Wildman–Crippen MR) is 109 cm³/mol. The van der Waals surface area contributed by atoms with Gasteiger partial charge < -0.3 is 10.8 Å². The van der Waals surface area contributed by atoms with Crippen molar-refractivity contribution < 1.29 is 14.7 Å². The molecule has 0 bridgehead atoms. The van der Waals surface area contributed by atoms with E-state index in [1.54, 1.807) is 30.3 Å². The molecule has 0 spiro atoms. The van der Waals surface area contributed by atoms with Crippen LogP contribution in [0.25, 0.3) is 5.57 Å². The maximum Gasteiger partial charge on any atom is 0.307 e. The maximum atomic E-state index is 12.9. The van der Waals surface area contributed by atoms with Crippen LogP contribution in [0.4, 0.5) is 11.4 Å². The molecule has 7 heteroatoms. The van der Waals surface area contributed by atoms with E-state index in [4.69, 9.17) is 23.1 Å². The van der Waals surface area contributed by atoms with Gasteiger partial charge in [0.05, 0.1) is 17.0 Å². The van der Waals surface area contributed by atoms with Gasteiger partial charge in [0, 0.05) is 5.69 Å². The molecule has 0 aliphatic carbocycles. The number of aliphatic carboxylic acids is 1. The zero-order chi connectivity index (χ0) is 18.8. The first kappa shape index (κ1) is 18.2. The van der Waals surface area contributed by atoms with Crippen LogP contribution in [0, 0.1) is 0 Å². The number of carbonyl (C=O) groups is 2. The fourth-order valence-corrected chi connectivity index (χ4v) is 4.00. The van der Waals surface area contributed by atoms with Crippen LogP contribution in [0.1, 0.15) is 18.1 Å². The van der Waals surface area contributed by atoms with Crippen molar-refractivity contribution in [2.75, 3.05) is 10.6 Å². The number of benzene rings is 2. The molecular weight excluding hydrogens is 368 g/mol. The van der Waals surface area contributed by atoms with Crippen molar-refractivity contribution >= 4 is 57.1 Å². The number of nitrogens with zero attached hydrogens (tertiary/aromatic N) is 1. The largest absolute Gasteiger partial charge is 0.481 e. The highest BCUT2D eigenvalue weighted by Gasteiger charge is 2.34. The number of allylic oxidation sites excluding steroid dienone is 1. The Kier molecular flexibility index (Phi) is 5.11. The highest BCUT2D eigenvalue weighted by molar-refractivity contribution is 8.27. The molecule has 3 N–H and O–H groups in total. The Bertz CT molecular complexity index is 936. The molecule has 1 aliphatic heterocycles. The number of nitrogens with two attached hydrogens (primary N) is 1. The van der Waals surface area contributed by atoms with Gasteiger partial charge >= 0.3 is 5.97 Å². The summed E-state index contributed by atoms with van der Waals surface area (Å²) in [6.07, 6.45) is -0.0624. The molecule has 0 saturated carbocycles. The number of carboxylic acids is 1. The molecule has 26 heavy (non-hydrogen) atoms. The second-order valence-electron chi connectivity index (χ2n) is 5.83. The third-order valence-corrected chi connectivity index (χ3v) is 5.45. The number of hydrogen-bond donors (Lipinski definition) is 2. The molecule has 3 rings (SSSR count). The molecule has 1 amide bonds. The van der Waals surface area contributed by atoms with Crippen LogP contribution >= 0.6 is 24.0 Å². The molecule has 0 radical (unpaired) electrons. The highest BCUT2D eigenvalue weighted by Crippen LogP contribution is 2.39. The molecule has 1 heterocycles. The van der Waals surface area contributed by atoms with Crippen LogP contribution in [0.15, 0.2) is 53.4 Å². The molecule has 0 atom stereocenters. The third-order valence-electron chi connectivity index (χ3n) is 3.98. The monoisotopic (exact) mass is 384 g/mol. The van der Waals surface area contributed by atoms with Gasteiger partial charge in [0.15, 0.2) is 4.32 Å². The molecule has 1 fully saturated rings. The Hall–Kier alpha value is -2.64. The number of anilines is 2. The van der Waals surface area contributed by atoms with Crippen molar-refractivity contribution in [2.45, 2.75) is 13.3 Å². The zero-order valence-corrected chi connectivity index (χ0v) is 15.6. The number of carboxylic acid groups (broad SMARTS) is 1. The first-order valence-electron chi connectivity index (χ1n) is 7.80. The van der Waals surface area contributed by atoms with Crippen molar-refractivity contribution in [1.82, 2.24) is 0 Å². The van der Waals surface area contributed by atoms with Crippen molar-refractivity contribution in [3.63, 3.8) is 0 Å². The maximum absolute atomic E-state index is 12.9. The number of nitrogen functional groups attached to an aromatic ring is 1. The number of carbonyl (C=O) groups excluding carboxylic acids is 1. The van der Waals surface area contributed by atoms with Crippen LogP contribution < -0.4 is 10.6 Å². The van der Waals surface area contributed by atoms with Gasteiger partial charge in [0.1, 0.15) is 0 Å². The van der Waals surface area contributed by atoms with Gasteiger partial charge in [-0.05, 0) is 47.9 Å². The Balaban J connectivity index is 1.91. The summed E-state index contributed by atoms with van der Waals surface area (Å²) >= 11 is 6.64. The Morgan fingerprint density at radius 2 is 1.92 bits per heavy atom. The summed E-state index contributed by atoms with van der Waals surface area (Å²) in [6.45, 7) is 1.87. The minimum Gasteiger partial charge on any atom is -0.481 e. The van der Waals surface area contributed by atoms with E-state index in [0.717, 1.165) is 11.1 Å². The Morgan fingerprint density at radius 3 is 2.54 bits per heavy atom. The summed E-state index contributed by atoms with van der Waals surface area (Å²) in [5.41, 5.74) is 9.45. The second-order valence-corrected chi connectivity index (χ2v) is 7.47. The standard InChI is InChI=1S/C19H16N2O3S2/c1-11(13-3-2-4-14(20)10-13)17-18(24)21(19(25)26-17)15-7-5-12(6-8-15)9-16(22)23/h2-8,10H,9,20H2,1H3,(H,22,23)/b17-11-. The normalized spacial score (nSPS) is 16.1. The van der Waals surface area contributed by atoms with Gasteiger partial charge in [-0.1, -0.05) is 48.2 Å². The molecular formula is C19H16N2O3S2. The van der Waals surface area contributed by atoms with Crippen LogP contribution in [0.3, 0.4) is 0 Å². The Morgan fingerprint density at radius 1 is 1.23 bits per heavy atom. The molecule has 132 valence electrons. The molecule has 1 saturated heterocycles. The fourth-order valence-electron chi connectivity index (χ4n) is 2.66. The number of thiocarbonyl (C=S) groups is 1. The SMILES string of the molecule is C/C(=C1/SC(=S)N(c2ccc(CC(=O)O)cc2)C1=O)c1cccc(N)c1. The molecule has 0 unspecified atom stereocenters. The topological polar surface area (TPSA) is 83.6 Å². The fraction of sp³-hybridized carbons (Fsp3) is 0.105. The average Bonchev–Trinajstić information content (AvgIpc) is 2.89. The van der Waals surface area contributed by atoms with Crippen molar-refractivity contribution in [1.29, 1.82) is 0 Å². The van der Waals surface area contributed by atoms with Gasteiger partial charge in [-0.2, -0.15) is 0 Å². The van der Waals surface area contributed by atoms with Crippen molar-refractivity contribution in [3.05, 3.63) is 64.6 Å². The molecule has 0 aromatic heterocycles. The quantitative estimate of drug-likeness (QED) is 0.475. The molecule has 2 aromatic carbocycles. The van der Waals surface area contributed by atoms with Gasteiger partial charge in [-0.25, -0.2) is 0 Å². The first-order chi connectivity index (χ1) is 12.4. The lowest BCUT2D eigenvalue weighted by atomic mass is 10.1. The van der Waals surface area contributed by atoms with E-state index in [9.17, 15) is 9.59 Å². The lowest BCUT2D eigenvalue weighted by Gasteiger charge is -2.15. The summed E-state index contributed by atoms with van der Waals surface area (Å²) in [5, 5.41) is 8.85. The summed E-state index contributed by atoms with van der Waals surface area (Å²) < 4.78 is 0.444. The lowest BCUT2D eigenvalue weighted by molar-refractivity contribution is -0.136. The minimum atomic E-state index is -0.899. The zero-order valence-electron chi connectivity index (χ0n) is 13.9. The average molecular weight is 384 g/mol. The summed E-state index contributed by atoms with van der Waals surface area (Å²) in [5.74, 6) is -1.09. The molecule has 2 aromatic rings. The number of hydrogen-bond acceptors (Lipinski definition) is 5. The lowest BCUT2D eigenvalue weighted by Crippen LogP contribution is -2.27. The van der Waals surface area contributed by atoms with E-state index >= 15 is 0 Å². The van der Waals surface area contributed by atoms with Crippen LogP contribution in [0.5, 0.6) is 0 Å². The number of amides is 1. The number of rotatable bonds is 4. The van der Waals surface area contributed by atoms with Crippen LogP contribution in [-0.2, 0) is 16.0 Å². The van der Waals surface area contributed by atoms with Crippen LogP contribution in [-0.4, -0.2) is 21.3 Å². The first-order valence-corrected chi connectivity index (χ1v) is 9.03. The summed E-state index contributed by atoms with van der Waals surface area (Å²) in [7, 11) is 0. The smallest absolute Gasteiger partial charge is 0.307 e. The minimum absolute atomic E-state index is 0.0624. The van der Waals surface area contributed by atoms with E-state index in [1.165, 1.54) is 16.7 Å². The van der Waals surface area contributed by atoms with Crippen LogP contribution in [0.2, 0.25) is 0 Å². The Labute approximate surface area is 160 Å². The van der Waals surface area contributed by atoms with Crippen molar-refractivity contribution in [3.8, 4) is 0 Å².